The normalized spacial score (nSPS) is 16.7. The largest absolute Gasteiger partial charge is 1.00 e. The van der Waals surface area contributed by atoms with E-state index in [4.69, 9.17) is 0 Å². The van der Waals surface area contributed by atoms with E-state index >= 15 is 0 Å². The first-order valence-corrected chi connectivity index (χ1v) is 17.4. The predicted octanol–water partition coefficient (Wildman–Crippen LogP) is 3.73. The maximum absolute atomic E-state index is 2.58. The molecule has 2 heterocycles. The van der Waals surface area contributed by atoms with Crippen LogP contribution >= 0.6 is 0 Å². The van der Waals surface area contributed by atoms with Crippen molar-refractivity contribution in [1.82, 2.24) is 9.13 Å². The van der Waals surface area contributed by atoms with Crippen LogP contribution in [0.25, 0.3) is 45.4 Å². The maximum atomic E-state index is 2.58. The number of nitrogens with zero attached hydrogens (tertiary/aromatic N) is 2. The third kappa shape index (κ3) is 4.27. The molecule has 0 amide bonds. The van der Waals surface area contributed by atoms with Crippen molar-refractivity contribution in [2.24, 2.45) is 0 Å². The Morgan fingerprint density at radius 3 is 1.30 bits per heavy atom. The standard InChI is InChI=1S/2C19H16N.2FH.Zr/c2*1-13-14(2)20(19-10-6-5-9-18(13)19)17-11-15-7-3-4-8-16(15)12-17;;;/h2*3-12H,1-2H3;2*1H;/q;;;;+2/p-2. The Labute approximate surface area is 262 Å². The minimum Gasteiger partial charge on any atom is -1.00 e. The first kappa shape index (κ1) is 29.3. The van der Waals surface area contributed by atoms with Crippen molar-refractivity contribution in [3.63, 3.8) is 0 Å². The SMILES string of the molecule is Cc1c(C)n(C2=Cc3ccccc3[CH]2[Zr+2][CH]2C(n3c(C)c(C)c4ccccc43)=Cc3ccccc32)c2ccccc12.[F-].[F-]. The van der Waals surface area contributed by atoms with E-state index in [0.717, 1.165) is 0 Å². The van der Waals surface area contributed by atoms with Gasteiger partial charge >= 0.3 is 254 Å². The van der Waals surface area contributed by atoms with Crippen molar-refractivity contribution in [2.45, 2.75) is 34.9 Å². The molecule has 2 nitrogen and oxygen atoms in total. The molecule has 0 saturated carbocycles. The van der Waals surface area contributed by atoms with Gasteiger partial charge in [-0.2, -0.15) is 0 Å². The molecule has 43 heavy (non-hydrogen) atoms. The molecule has 2 aliphatic carbocycles. The average molecular weight is 646 g/mol. The van der Waals surface area contributed by atoms with Crippen LogP contribution in [-0.4, -0.2) is 9.13 Å². The van der Waals surface area contributed by atoms with E-state index in [1.165, 1.54) is 78.0 Å². The van der Waals surface area contributed by atoms with Gasteiger partial charge in [-0.3, -0.25) is 0 Å². The van der Waals surface area contributed by atoms with Gasteiger partial charge in [-0.1, -0.05) is 0 Å². The Kier molecular flexibility index (Phi) is 7.51. The van der Waals surface area contributed by atoms with Gasteiger partial charge in [0.2, 0.25) is 0 Å². The van der Waals surface area contributed by atoms with Crippen molar-refractivity contribution >= 4 is 45.4 Å². The number of fused-ring (bicyclic) bond motifs is 4. The Balaban J connectivity index is 0.00000165. The first-order chi connectivity index (χ1) is 20.0. The van der Waals surface area contributed by atoms with Crippen molar-refractivity contribution < 1.29 is 32.6 Å². The third-order valence-electron chi connectivity index (χ3n) is 9.52. The smallest absolute Gasteiger partial charge is 1.00 e. The third-order valence-corrected chi connectivity index (χ3v) is 14.1. The van der Waals surface area contributed by atoms with E-state index in [-0.39, 0.29) is 9.41 Å². The van der Waals surface area contributed by atoms with E-state index in [9.17, 15) is 0 Å². The van der Waals surface area contributed by atoms with Crippen LogP contribution in [0.5, 0.6) is 0 Å². The van der Waals surface area contributed by atoms with Crippen molar-refractivity contribution in [1.29, 1.82) is 0 Å². The molecule has 0 spiro atoms. The number of rotatable bonds is 4. The van der Waals surface area contributed by atoms with Gasteiger partial charge in [0.1, 0.15) is 0 Å². The summed E-state index contributed by atoms with van der Waals surface area (Å²) in [6.45, 7) is 9.16. The fourth-order valence-electron chi connectivity index (χ4n) is 7.24. The molecule has 0 fully saturated rings. The molecule has 0 aliphatic heterocycles. The number of benzene rings is 4. The fourth-order valence-corrected chi connectivity index (χ4v) is 12.1. The van der Waals surface area contributed by atoms with E-state index < -0.39 is 23.2 Å². The zero-order valence-corrected chi connectivity index (χ0v) is 27.2. The summed E-state index contributed by atoms with van der Waals surface area (Å²) >= 11 is -1.16. The predicted molar refractivity (Wildman–Crippen MR) is 170 cm³/mol. The average Bonchev–Trinajstić information content (AvgIpc) is 3.69. The van der Waals surface area contributed by atoms with Gasteiger partial charge in [-0.05, 0) is 0 Å². The number of hydrogen-bond acceptors (Lipinski definition) is 0. The van der Waals surface area contributed by atoms with Gasteiger partial charge in [0.25, 0.3) is 0 Å². The second kappa shape index (κ2) is 11.0. The Hall–Kier alpha value is -3.82. The fraction of sp³-hybridized carbons (Fsp3) is 0.158. The second-order valence-electron chi connectivity index (χ2n) is 11.6. The van der Waals surface area contributed by atoms with Gasteiger partial charge in [-0.25, -0.2) is 0 Å². The molecule has 2 aromatic heterocycles. The maximum Gasteiger partial charge on any atom is -1.00 e. The quantitative estimate of drug-likeness (QED) is 0.277. The zero-order chi connectivity index (χ0) is 27.8. The van der Waals surface area contributed by atoms with Gasteiger partial charge in [0.15, 0.2) is 0 Å². The summed E-state index contributed by atoms with van der Waals surface area (Å²) in [5, 5.41) is 2.73. The summed E-state index contributed by atoms with van der Waals surface area (Å²) in [5.41, 5.74) is 16.9. The molecule has 0 N–H and O–H groups in total. The van der Waals surface area contributed by atoms with Gasteiger partial charge in [0, 0.05) is 0 Å². The minimum atomic E-state index is -1.16. The van der Waals surface area contributed by atoms with Crippen LogP contribution in [-0.2, 0) is 23.2 Å². The molecule has 2 unspecified atom stereocenters. The monoisotopic (exact) mass is 644 g/mol. The number of aromatic nitrogens is 2. The molecule has 5 heteroatoms. The number of aryl methyl sites for hydroxylation is 2. The van der Waals surface area contributed by atoms with Crippen LogP contribution in [0.4, 0.5) is 0 Å². The molecule has 0 saturated heterocycles. The summed E-state index contributed by atoms with van der Waals surface area (Å²) in [6, 6.07) is 36.1. The van der Waals surface area contributed by atoms with Crippen LogP contribution in [0.15, 0.2) is 97.1 Å². The van der Waals surface area contributed by atoms with Crippen LogP contribution in [0.3, 0.4) is 0 Å². The van der Waals surface area contributed by atoms with Crippen LogP contribution in [0.2, 0.25) is 0 Å². The van der Waals surface area contributed by atoms with E-state index in [0.29, 0.717) is 7.25 Å². The molecule has 4 aromatic carbocycles. The van der Waals surface area contributed by atoms with Crippen molar-refractivity contribution in [2.75, 3.05) is 0 Å². The zero-order valence-electron chi connectivity index (χ0n) is 24.7. The summed E-state index contributed by atoms with van der Waals surface area (Å²) in [5.74, 6) is 0. The number of para-hydroxylation sites is 2. The summed E-state index contributed by atoms with van der Waals surface area (Å²) in [4.78, 5) is 0. The number of halogens is 2. The minimum absolute atomic E-state index is 0. The topological polar surface area (TPSA) is 9.86 Å². The molecular formula is C38H32F2N2Zr. The van der Waals surface area contributed by atoms with Gasteiger partial charge < -0.3 is 9.41 Å². The number of allylic oxidation sites excluding steroid dienone is 2. The van der Waals surface area contributed by atoms with Crippen LogP contribution in [0, 0.1) is 27.7 Å². The van der Waals surface area contributed by atoms with E-state index in [1.807, 2.05) is 0 Å². The molecule has 0 radical (unpaired) electrons. The van der Waals surface area contributed by atoms with E-state index in [1.54, 1.807) is 0 Å². The Morgan fingerprint density at radius 1 is 0.488 bits per heavy atom. The van der Waals surface area contributed by atoms with Crippen molar-refractivity contribution in [3.8, 4) is 0 Å². The molecule has 6 aromatic rings. The van der Waals surface area contributed by atoms with Crippen LogP contribution < -0.4 is 9.41 Å². The molecule has 2 aliphatic rings. The molecule has 8 rings (SSSR count). The first-order valence-electron chi connectivity index (χ1n) is 14.5. The van der Waals surface area contributed by atoms with E-state index in [2.05, 4.69) is 146 Å². The summed E-state index contributed by atoms with van der Waals surface area (Å²) in [7, 11) is 0. The van der Waals surface area contributed by atoms with Gasteiger partial charge in [-0.15, -0.1) is 0 Å². The summed E-state index contributed by atoms with van der Waals surface area (Å²) < 4.78 is 6.07. The summed E-state index contributed by atoms with van der Waals surface area (Å²) in [6.07, 6.45) is 4.98. The molecule has 212 valence electrons. The van der Waals surface area contributed by atoms with Crippen LogP contribution in [0.1, 0.15) is 52.0 Å². The van der Waals surface area contributed by atoms with Gasteiger partial charge in [0.05, 0.1) is 0 Å². The molecule has 2 atom stereocenters. The number of hydrogen-bond donors (Lipinski definition) is 0. The van der Waals surface area contributed by atoms with Crippen molar-refractivity contribution in [3.05, 3.63) is 142 Å². The molecular weight excluding hydrogens is 614 g/mol. The molecule has 0 bridgehead atoms. The Morgan fingerprint density at radius 2 is 0.860 bits per heavy atom. The Bertz CT molecular complexity index is 1950. The second-order valence-corrected chi connectivity index (χ2v) is 15.2.